The van der Waals surface area contributed by atoms with E-state index in [4.69, 9.17) is 12.2 Å². The van der Waals surface area contributed by atoms with E-state index in [0.717, 1.165) is 18.2 Å². The van der Waals surface area contributed by atoms with Gasteiger partial charge in [-0.2, -0.15) is 0 Å². The van der Waals surface area contributed by atoms with Crippen molar-refractivity contribution in [2.75, 3.05) is 27.2 Å². The van der Waals surface area contributed by atoms with Crippen molar-refractivity contribution in [2.45, 2.75) is 32.7 Å². The Labute approximate surface area is 98.6 Å². The molecule has 0 amide bonds. The number of nitrogens with zero attached hydrogens (tertiary/aromatic N) is 1. The summed E-state index contributed by atoms with van der Waals surface area (Å²) in [6.07, 6.45) is 2.53. The molecule has 1 rings (SSSR count). The van der Waals surface area contributed by atoms with E-state index in [2.05, 4.69) is 43.5 Å². The molecule has 0 aromatic rings. The number of thiocarbonyl (C=S) groups is 1. The molecule has 4 heteroatoms. The Balaban J connectivity index is 2.18. The number of hydrogen-bond donors (Lipinski definition) is 2. The van der Waals surface area contributed by atoms with Crippen LogP contribution in [0.25, 0.3) is 0 Å². The molecule has 1 saturated carbocycles. The molecule has 0 saturated heterocycles. The molecule has 0 radical (unpaired) electrons. The van der Waals surface area contributed by atoms with Gasteiger partial charge in [-0.25, -0.2) is 0 Å². The average Bonchev–Trinajstić information content (AvgIpc) is 2.82. The van der Waals surface area contributed by atoms with Gasteiger partial charge < -0.3 is 15.5 Å². The van der Waals surface area contributed by atoms with Crippen LogP contribution in [0.2, 0.25) is 0 Å². The average molecular weight is 229 g/mol. The minimum absolute atomic E-state index is 0.249. The highest BCUT2D eigenvalue weighted by Gasteiger charge is 2.23. The summed E-state index contributed by atoms with van der Waals surface area (Å²) in [7, 11) is 4.20. The van der Waals surface area contributed by atoms with Crippen molar-refractivity contribution in [3.05, 3.63) is 0 Å². The second-order valence-corrected chi connectivity index (χ2v) is 5.91. The van der Waals surface area contributed by atoms with Gasteiger partial charge in [0.05, 0.1) is 0 Å². The van der Waals surface area contributed by atoms with Gasteiger partial charge in [0.15, 0.2) is 5.11 Å². The first-order valence-corrected chi connectivity index (χ1v) is 5.99. The van der Waals surface area contributed by atoms with Gasteiger partial charge in [-0.3, -0.25) is 0 Å². The standard InChI is InChI=1S/C11H23N3S/c1-11(2,8-14(3)4)7-12-10(15)13-9-5-6-9/h9H,5-8H2,1-4H3,(H2,12,13,15). The lowest BCUT2D eigenvalue weighted by Crippen LogP contribution is -2.44. The minimum atomic E-state index is 0.249. The van der Waals surface area contributed by atoms with Gasteiger partial charge >= 0.3 is 0 Å². The zero-order valence-electron chi connectivity index (χ0n) is 10.3. The van der Waals surface area contributed by atoms with Crippen molar-refractivity contribution in [1.82, 2.24) is 15.5 Å². The predicted octanol–water partition coefficient (Wildman–Crippen LogP) is 1.20. The zero-order chi connectivity index (χ0) is 11.5. The Kier molecular flexibility index (Phi) is 4.34. The van der Waals surface area contributed by atoms with E-state index in [1.54, 1.807) is 0 Å². The number of nitrogens with one attached hydrogen (secondary N) is 2. The van der Waals surface area contributed by atoms with Crippen LogP contribution >= 0.6 is 12.2 Å². The number of hydrogen-bond acceptors (Lipinski definition) is 2. The molecule has 0 bridgehead atoms. The van der Waals surface area contributed by atoms with Gasteiger partial charge in [0.2, 0.25) is 0 Å². The van der Waals surface area contributed by atoms with Crippen LogP contribution in [0.1, 0.15) is 26.7 Å². The maximum atomic E-state index is 5.22. The monoisotopic (exact) mass is 229 g/mol. The lowest BCUT2D eigenvalue weighted by molar-refractivity contribution is 0.241. The van der Waals surface area contributed by atoms with Gasteiger partial charge in [0.25, 0.3) is 0 Å². The molecule has 15 heavy (non-hydrogen) atoms. The summed E-state index contributed by atoms with van der Waals surface area (Å²) in [5, 5.41) is 7.39. The van der Waals surface area contributed by atoms with Crippen molar-refractivity contribution in [1.29, 1.82) is 0 Å². The Morgan fingerprint density at radius 2 is 2.00 bits per heavy atom. The highest BCUT2D eigenvalue weighted by atomic mass is 32.1. The minimum Gasteiger partial charge on any atom is -0.362 e. The Morgan fingerprint density at radius 1 is 1.40 bits per heavy atom. The summed E-state index contributed by atoms with van der Waals surface area (Å²) in [5.74, 6) is 0. The molecule has 0 heterocycles. The molecule has 1 aliphatic rings. The van der Waals surface area contributed by atoms with Crippen molar-refractivity contribution >= 4 is 17.3 Å². The normalized spacial score (nSPS) is 16.6. The summed E-state index contributed by atoms with van der Waals surface area (Å²) in [6.45, 7) is 6.48. The SMILES string of the molecule is CN(C)CC(C)(C)CNC(=S)NC1CC1. The lowest BCUT2D eigenvalue weighted by Gasteiger charge is -2.29. The van der Waals surface area contributed by atoms with Crippen molar-refractivity contribution in [2.24, 2.45) is 5.41 Å². The molecule has 0 unspecified atom stereocenters. The first kappa shape index (κ1) is 12.7. The zero-order valence-corrected chi connectivity index (χ0v) is 11.1. The van der Waals surface area contributed by atoms with Crippen LogP contribution < -0.4 is 10.6 Å². The maximum Gasteiger partial charge on any atom is 0.166 e. The van der Waals surface area contributed by atoms with Crippen molar-refractivity contribution in [3.8, 4) is 0 Å². The molecular weight excluding hydrogens is 206 g/mol. The van der Waals surface area contributed by atoms with Gasteiger partial charge in [-0.05, 0) is 44.6 Å². The van der Waals surface area contributed by atoms with Crippen LogP contribution in [0.5, 0.6) is 0 Å². The third-order valence-corrected chi connectivity index (χ3v) is 2.65. The molecule has 0 aliphatic heterocycles. The summed E-state index contributed by atoms with van der Waals surface area (Å²) < 4.78 is 0. The summed E-state index contributed by atoms with van der Waals surface area (Å²) in [6, 6.07) is 0.641. The molecular formula is C11H23N3S. The summed E-state index contributed by atoms with van der Waals surface area (Å²) >= 11 is 5.22. The maximum absolute atomic E-state index is 5.22. The lowest BCUT2D eigenvalue weighted by atomic mass is 9.93. The molecule has 0 atom stereocenters. The third-order valence-electron chi connectivity index (χ3n) is 2.38. The van der Waals surface area contributed by atoms with Crippen LogP contribution in [0.15, 0.2) is 0 Å². The smallest absolute Gasteiger partial charge is 0.166 e. The Bertz CT molecular complexity index is 222. The van der Waals surface area contributed by atoms with E-state index in [9.17, 15) is 0 Å². The van der Waals surface area contributed by atoms with E-state index in [1.807, 2.05) is 0 Å². The second-order valence-electron chi connectivity index (χ2n) is 5.50. The molecule has 0 spiro atoms. The quantitative estimate of drug-likeness (QED) is 0.693. The highest BCUT2D eigenvalue weighted by molar-refractivity contribution is 7.80. The van der Waals surface area contributed by atoms with E-state index < -0.39 is 0 Å². The topological polar surface area (TPSA) is 27.3 Å². The number of rotatable bonds is 5. The molecule has 2 N–H and O–H groups in total. The Hall–Kier alpha value is -0.350. The largest absolute Gasteiger partial charge is 0.362 e. The fourth-order valence-electron chi connectivity index (χ4n) is 1.70. The van der Waals surface area contributed by atoms with Crippen molar-refractivity contribution < 1.29 is 0 Å². The van der Waals surface area contributed by atoms with Crippen LogP contribution in [0.4, 0.5) is 0 Å². The highest BCUT2D eigenvalue weighted by Crippen LogP contribution is 2.18. The van der Waals surface area contributed by atoms with Crippen LogP contribution in [-0.4, -0.2) is 43.2 Å². The first-order valence-electron chi connectivity index (χ1n) is 5.58. The van der Waals surface area contributed by atoms with E-state index >= 15 is 0 Å². The van der Waals surface area contributed by atoms with Gasteiger partial charge in [0, 0.05) is 19.1 Å². The first-order chi connectivity index (χ1) is 6.89. The summed E-state index contributed by atoms with van der Waals surface area (Å²) in [5.41, 5.74) is 0.249. The third kappa shape index (κ3) is 5.95. The van der Waals surface area contributed by atoms with Crippen LogP contribution in [-0.2, 0) is 0 Å². The van der Waals surface area contributed by atoms with Crippen LogP contribution in [0.3, 0.4) is 0 Å². The fraction of sp³-hybridized carbons (Fsp3) is 0.909. The Morgan fingerprint density at radius 3 is 2.47 bits per heavy atom. The molecule has 88 valence electrons. The predicted molar refractivity (Wildman–Crippen MR) is 69.1 cm³/mol. The van der Waals surface area contributed by atoms with Crippen LogP contribution in [0, 0.1) is 5.41 Å². The molecule has 1 fully saturated rings. The van der Waals surface area contributed by atoms with E-state index in [0.29, 0.717) is 6.04 Å². The molecule has 3 nitrogen and oxygen atoms in total. The van der Waals surface area contributed by atoms with Crippen molar-refractivity contribution in [3.63, 3.8) is 0 Å². The van der Waals surface area contributed by atoms with Gasteiger partial charge in [-0.1, -0.05) is 13.8 Å². The van der Waals surface area contributed by atoms with Gasteiger partial charge in [-0.15, -0.1) is 0 Å². The second kappa shape index (κ2) is 5.12. The van der Waals surface area contributed by atoms with E-state index in [1.165, 1.54) is 12.8 Å². The molecule has 1 aliphatic carbocycles. The molecule has 0 aromatic heterocycles. The van der Waals surface area contributed by atoms with Gasteiger partial charge in [0.1, 0.15) is 0 Å². The summed E-state index contributed by atoms with van der Waals surface area (Å²) in [4.78, 5) is 2.21. The van der Waals surface area contributed by atoms with E-state index in [-0.39, 0.29) is 5.41 Å². The molecule has 0 aromatic carbocycles. The fourth-order valence-corrected chi connectivity index (χ4v) is 1.93.